The number of thiophene rings is 1. The molecule has 2 heterocycles. The molecule has 0 bridgehead atoms. The summed E-state index contributed by atoms with van der Waals surface area (Å²) >= 11 is 5.41. The molecule has 1 fully saturated rings. The molecule has 0 radical (unpaired) electrons. The molecular weight excluding hydrogens is 348 g/mol. The van der Waals surface area contributed by atoms with Crippen molar-refractivity contribution in [1.82, 2.24) is 10.2 Å². The molecule has 1 aliphatic heterocycles. The van der Waals surface area contributed by atoms with Crippen molar-refractivity contribution in [1.29, 1.82) is 0 Å². The first-order valence-electron chi connectivity index (χ1n) is 7.12. The number of halogens is 1. The molecule has 0 aliphatic carbocycles. The fourth-order valence-electron chi connectivity index (χ4n) is 2.76. The lowest BCUT2D eigenvalue weighted by molar-refractivity contribution is 0.200. The fourth-order valence-corrected chi connectivity index (χ4v) is 4.34. The molecule has 1 aromatic carbocycles. The van der Waals surface area contributed by atoms with E-state index < -0.39 is 0 Å². The van der Waals surface area contributed by atoms with Gasteiger partial charge in [0.1, 0.15) is 5.75 Å². The molecule has 3 rings (SSSR count). The van der Waals surface area contributed by atoms with E-state index in [-0.39, 0.29) is 0 Å². The zero-order valence-corrected chi connectivity index (χ0v) is 14.4. The minimum absolute atomic E-state index is 0.328. The summed E-state index contributed by atoms with van der Waals surface area (Å²) in [6.45, 7) is 4.26. The van der Waals surface area contributed by atoms with Crippen LogP contribution in [0.2, 0.25) is 0 Å². The highest BCUT2D eigenvalue weighted by molar-refractivity contribution is 9.11. The van der Waals surface area contributed by atoms with Gasteiger partial charge in [-0.05, 0) is 45.8 Å². The first-order valence-corrected chi connectivity index (χ1v) is 8.73. The van der Waals surface area contributed by atoms with Gasteiger partial charge >= 0.3 is 0 Å². The lowest BCUT2D eigenvalue weighted by atomic mass is 10.0. The number of hydrogen-bond donors (Lipinski definition) is 1. The van der Waals surface area contributed by atoms with E-state index in [9.17, 15) is 0 Å². The van der Waals surface area contributed by atoms with Gasteiger partial charge in [-0.2, -0.15) is 0 Å². The van der Waals surface area contributed by atoms with E-state index in [2.05, 4.69) is 50.4 Å². The number of ether oxygens (including phenoxy) is 1. The van der Waals surface area contributed by atoms with Crippen LogP contribution in [0.5, 0.6) is 5.75 Å². The summed E-state index contributed by atoms with van der Waals surface area (Å²) in [4.78, 5) is 3.94. The average molecular weight is 367 g/mol. The van der Waals surface area contributed by atoms with Crippen molar-refractivity contribution in [2.24, 2.45) is 0 Å². The van der Waals surface area contributed by atoms with Crippen molar-refractivity contribution >= 4 is 27.3 Å². The lowest BCUT2D eigenvalue weighted by Crippen LogP contribution is -2.45. The van der Waals surface area contributed by atoms with Gasteiger partial charge in [-0.15, -0.1) is 11.3 Å². The molecule has 5 heteroatoms. The zero-order valence-electron chi connectivity index (χ0n) is 12.0. The van der Waals surface area contributed by atoms with E-state index in [1.807, 2.05) is 23.5 Å². The van der Waals surface area contributed by atoms with Crippen molar-refractivity contribution in [2.45, 2.75) is 6.04 Å². The Labute approximate surface area is 138 Å². The van der Waals surface area contributed by atoms with Crippen LogP contribution in [0.4, 0.5) is 0 Å². The predicted molar refractivity (Wildman–Crippen MR) is 91.3 cm³/mol. The Bertz CT molecular complexity index is 578. The van der Waals surface area contributed by atoms with Crippen LogP contribution in [0.3, 0.4) is 0 Å². The van der Waals surface area contributed by atoms with Crippen molar-refractivity contribution in [3.8, 4) is 5.75 Å². The molecule has 0 amide bonds. The Kier molecular flexibility index (Phi) is 4.95. The summed E-state index contributed by atoms with van der Waals surface area (Å²) in [5, 5.41) is 3.43. The Morgan fingerprint density at radius 2 is 1.86 bits per heavy atom. The smallest absolute Gasteiger partial charge is 0.118 e. The quantitative estimate of drug-likeness (QED) is 0.895. The van der Waals surface area contributed by atoms with Crippen molar-refractivity contribution in [2.75, 3.05) is 33.3 Å². The largest absolute Gasteiger partial charge is 0.497 e. The number of nitrogens with zero attached hydrogens (tertiary/aromatic N) is 1. The lowest BCUT2D eigenvalue weighted by Gasteiger charge is -2.34. The van der Waals surface area contributed by atoms with Crippen LogP contribution in [0.15, 0.2) is 40.2 Å². The molecule has 1 unspecified atom stereocenters. The molecule has 21 heavy (non-hydrogen) atoms. The third kappa shape index (κ3) is 3.48. The number of rotatable bonds is 4. The highest BCUT2D eigenvalue weighted by Gasteiger charge is 2.25. The predicted octanol–water partition coefficient (Wildman–Crippen LogP) is 3.51. The Hall–Kier alpha value is -0.880. The number of benzene rings is 1. The minimum atomic E-state index is 0.328. The number of nitrogens with one attached hydrogen (secondary N) is 1. The maximum absolute atomic E-state index is 5.28. The normalized spacial score (nSPS) is 17.6. The molecule has 0 spiro atoms. The Morgan fingerprint density at radius 3 is 2.43 bits per heavy atom. The van der Waals surface area contributed by atoms with E-state index in [0.29, 0.717) is 6.04 Å². The van der Waals surface area contributed by atoms with Gasteiger partial charge < -0.3 is 10.1 Å². The van der Waals surface area contributed by atoms with Crippen LogP contribution in [-0.2, 0) is 0 Å². The minimum Gasteiger partial charge on any atom is -0.497 e. The average Bonchev–Trinajstić information content (AvgIpc) is 2.95. The maximum Gasteiger partial charge on any atom is 0.118 e. The molecular formula is C16H19BrN2OS. The van der Waals surface area contributed by atoms with Gasteiger partial charge in [0.25, 0.3) is 0 Å². The third-order valence-electron chi connectivity index (χ3n) is 3.81. The summed E-state index contributed by atoms with van der Waals surface area (Å²) in [5.74, 6) is 0.908. The molecule has 1 aromatic heterocycles. The summed E-state index contributed by atoms with van der Waals surface area (Å²) in [6.07, 6.45) is 0. The van der Waals surface area contributed by atoms with E-state index in [0.717, 1.165) is 31.9 Å². The van der Waals surface area contributed by atoms with Crippen LogP contribution in [0.25, 0.3) is 0 Å². The highest BCUT2D eigenvalue weighted by atomic mass is 79.9. The molecule has 1 saturated heterocycles. The van der Waals surface area contributed by atoms with Crippen molar-refractivity contribution < 1.29 is 4.74 Å². The van der Waals surface area contributed by atoms with E-state index in [1.54, 1.807) is 7.11 Å². The molecule has 3 nitrogen and oxygen atoms in total. The first kappa shape index (κ1) is 15.0. The van der Waals surface area contributed by atoms with Gasteiger partial charge in [-0.25, -0.2) is 0 Å². The second-order valence-corrected chi connectivity index (χ2v) is 7.60. The van der Waals surface area contributed by atoms with Gasteiger partial charge in [0.15, 0.2) is 0 Å². The van der Waals surface area contributed by atoms with Crippen LogP contribution >= 0.6 is 27.3 Å². The molecule has 2 aromatic rings. The molecule has 1 aliphatic rings. The van der Waals surface area contributed by atoms with E-state index >= 15 is 0 Å². The summed E-state index contributed by atoms with van der Waals surface area (Å²) in [7, 11) is 1.71. The van der Waals surface area contributed by atoms with Crippen LogP contribution in [0, 0.1) is 0 Å². The maximum atomic E-state index is 5.28. The van der Waals surface area contributed by atoms with Crippen LogP contribution in [0.1, 0.15) is 16.5 Å². The standard InChI is InChI=1S/C16H19BrN2OS/c1-20-13-4-2-12(3-5-13)16(14-6-7-15(17)21-14)19-10-8-18-9-11-19/h2-7,16,18H,8-11H2,1H3. The first-order chi connectivity index (χ1) is 10.3. The van der Waals surface area contributed by atoms with E-state index in [4.69, 9.17) is 4.74 Å². The summed E-state index contributed by atoms with van der Waals surface area (Å²) in [6, 6.07) is 13.2. The van der Waals surface area contributed by atoms with Crippen molar-refractivity contribution in [3.05, 3.63) is 50.6 Å². The van der Waals surface area contributed by atoms with Gasteiger partial charge in [0.05, 0.1) is 16.9 Å². The highest BCUT2D eigenvalue weighted by Crippen LogP contribution is 2.36. The Balaban J connectivity index is 1.93. The fraction of sp³-hybridized carbons (Fsp3) is 0.375. The second-order valence-electron chi connectivity index (χ2n) is 5.10. The summed E-state index contributed by atoms with van der Waals surface area (Å²) < 4.78 is 6.46. The molecule has 1 N–H and O–H groups in total. The van der Waals surface area contributed by atoms with Gasteiger partial charge in [-0.3, -0.25) is 4.90 Å². The van der Waals surface area contributed by atoms with E-state index in [1.165, 1.54) is 14.2 Å². The molecule has 1 atom stereocenters. The SMILES string of the molecule is COc1ccc(C(c2ccc(Br)s2)N2CCNCC2)cc1. The number of methoxy groups -OCH3 is 1. The topological polar surface area (TPSA) is 24.5 Å². The second kappa shape index (κ2) is 6.92. The summed E-state index contributed by atoms with van der Waals surface area (Å²) in [5.41, 5.74) is 1.33. The number of hydrogen-bond acceptors (Lipinski definition) is 4. The molecule has 0 saturated carbocycles. The van der Waals surface area contributed by atoms with Crippen LogP contribution in [-0.4, -0.2) is 38.2 Å². The Morgan fingerprint density at radius 1 is 1.14 bits per heavy atom. The number of piperazine rings is 1. The van der Waals surface area contributed by atoms with Gasteiger partial charge in [0.2, 0.25) is 0 Å². The van der Waals surface area contributed by atoms with Crippen LogP contribution < -0.4 is 10.1 Å². The molecule has 112 valence electrons. The van der Waals surface area contributed by atoms with Gasteiger partial charge in [0, 0.05) is 31.1 Å². The monoisotopic (exact) mass is 366 g/mol. The van der Waals surface area contributed by atoms with Gasteiger partial charge in [-0.1, -0.05) is 12.1 Å². The van der Waals surface area contributed by atoms with Crippen molar-refractivity contribution in [3.63, 3.8) is 0 Å². The third-order valence-corrected chi connectivity index (χ3v) is 5.49. The zero-order chi connectivity index (χ0) is 14.7.